The van der Waals surface area contributed by atoms with E-state index >= 15 is 0 Å². The van der Waals surface area contributed by atoms with Crippen molar-refractivity contribution in [3.63, 3.8) is 0 Å². The van der Waals surface area contributed by atoms with E-state index in [-0.39, 0.29) is 6.03 Å². The van der Waals surface area contributed by atoms with E-state index in [2.05, 4.69) is 20.8 Å². The third-order valence-electron chi connectivity index (χ3n) is 1.91. The van der Waals surface area contributed by atoms with E-state index in [0.29, 0.717) is 17.4 Å². The van der Waals surface area contributed by atoms with Gasteiger partial charge in [-0.05, 0) is 12.8 Å². The number of H-pyrrole nitrogens is 1. The van der Waals surface area contributed by atoms with Crippen molar-refractivity contribution in [3.8, 4) is 6.07 Å². The molecule has 0 bridgehead atoms. The summed E-state index contributed by atoms with van der Waals surface area (Å²) in [6, 6.07) is 1.91. The molecule has 1 aliphatic carbocycles. The lowest BCUT2D eigenvalue weighted by Gasteiger charge is -2.03. The molecular weight excluding hydrogens is 182 g/mol. The highest BCUT2D eigenvalue weighted by Crippen LogP contribution is 2.18. The number of aromatic nitrogens is 2. The number of anilines is 1. The largest absolute Gasteiger partial charge is 0.335 e. The van der Waals surface area contributed by atoms with Gasteiger partial charge in [0.05, 0.1) is 6.20 Å². The number of hydrogen-bond donors (Lipinski definition) is 3. The molecule has 6 heteroatoms. The van der Waals surface area contributed by atoms with Crippen LogP contribution in [0.1, 0.15) is 18.4 Å². The number of rotatable bonds is 2. The van der Waals surface area contributed by atoms with Crippen molar-refractivity contribution in [2.75, 3.05) is 5.32 Å². The van der Waals surface area contributed by atoms with Gasteiger partial charge in [-0.1, -0.05) is 0 Å². The van der Waals surface area contributed by atoms with Crippen molar-refractivity contribution in [3.05, 3.63) is 11.8 Å². The van der Waals surface area contributed by atoms with Crippen LogP contribution >= 0.6 is 0 Å². The molecule has 1 aromatic heterocycles. The highest BCUT2D eigenvalue weighted by Gasteiger charge is 2.23. The van der Waals surface area contributed by atoms with Crippen LogP contribution in [0.4, 0.5) is 10.6 Å². The lowest BCUT2D eigenvalue weighted by Crippen LogP contribution is -2.30. The fourth-order valence-electron chi connectivity index (χ4n) is 1.03. The van der Waals surface area contributed by atoms with Crippen LogP contribution in [-0.2, 0) is 0 Å². The van der Waals surface area contributed by atoms with Crippen LogP contribution in [-0.4, -0.2) is 22.3 Å². The zero-order chi connectivity index (χ0) is 9.97. The molecule has 0 aromatic carbocycles. The minimum atomic E-state index is -0.298. The Kier molecular flexibility index (Phi) is 2.07. The maximum Gasteiger partial charge on any atom is 0.320 e. The Bertz CT molecular complexity index is 387. The quantitative estimate of drug-likeness (QED) is 0.637. The molecule has 1 aromatic rings. The van der Waals surface area contributed by atoms with Crippen molar-refractivity contribution in [2.24, 2.45) is 0 Å². The Labute approximate surface area is 80.3 Å². The summed E-state index contributed by atoms with van der Waals surface area (Å²) in [5.41, 5.74) is 0.330. The van der Waals surface area contributed by atoms with E-state index in [1.165, 1.54) is 6.20 Å². The molecule has 0 spiro atoms. The number of amides is 2. The summed E-state index contributed by atoms with van der Waals surface area (Å²) < 4.78 is 0. The standard InChI is InChI=1S/C8H9N5O/c9-3-5-4-10-13-7(5)12-8(14)11-6-1-2-6/h4,6H,1-2H2,(H3,10,11,12,13,14). The van der Waals surface area contributed by atoms with Crippen molar-refractivity contribution in [1.29, 1.82) is 5.26 Å². The molecule has 2 amide bonds. The first-order valence-corrected chi connectivity index (χ1v) is 4.30. The molecule has 1 aliphatic rings. The predicted molar refractivity (Wildman–Crippen MR) is 48.5 cm³/mol. The minimum Gasteiger partial charge on any atom is -0.335 e. The first-order valence-electron chi connectivity index (χ1n) is 4.30. The van der Waals surface area contributed by atoms with Gasteiger partial charge in [0.15, 0.2) is 0 Å². The van der Waals surface area contributed by atoms with E-state index in [0.717, 1.165) is 12.8 Å². The van der Waals surface area contributed by atoms with Crippen molar-refractivity contribution in [2.45, 2.75) is 18.9 Å². The van der Waals surface area contributed by atoms with Gasteiger partial charge in [0, 0.05) is 6.04 Å². The third kappa shape index (κ3) is 1.82. The highest BCUT2D eigenvalue weighted by molar-refractivity contribution is 5.89. The Morgan fingerprint density at radius 1 is 1.71 bits per heavy atom. The van der Waals surface area contributed by atoms with E-state index in [9.17, 15) is 4.79 Å². The maximum absolute atomic E-state index is 11.2. The second kappa shape index (κ2) is 3.38. The molecular formula is C8H9N5O. The normalized spacial score (nSPS) is 14.5. The van der Waals surface area contributed by atoms with Gasteiger partial charge in [0.2, 0.25) is 0 Å². The number of carbonyl (C=O) groups excluding carboxylic acids is 1. The zero-order valence-corrected chi connectivity index (χ0v) is 7.37. The SMILES string of the molecule is N#Cc1cn[nH]c1NC(=O)NC1CC1. The van der Waals surface area contributed by atoms with E-state index in [4.69, 9.17) is 5.26 Å². The summed E-state index contributed by atoms with van der Waals surface area (Å²) in [6.45, 7) is 0. The first-order chi connectivity index (χ1) is 6.79. The second-order valence-corrected chi connectivity index (χ2v) is 3.14. The topological polar surface area (TPSA) is 93.6 Å². The van der Waals surface area contributed by atoms with Gasteiger partial charge < -0.3 is 5.32 Å². The van der Waals surface area contributed by atoms with E-state index in [1.54, 1.807) is 0 Å². The summed E-state index contributed by atoms with van der Waals surface area (Å²) in [4.78, 5) is 11.2. The predicted octanol–water partition coefficient (Wildman–Crippen LogP) is 0.565. The van der Waals surface area contributed by atoms with Crippen LogP contribution in [0, 0.1) is 11.3 Å². The molecule has 1 saturated carbocycles. The van der Waals surface area contributed by atoms with Crippen LogP contribution in [0.2, 0.25) is 0 Å². The minimum absolute atomic E-state index is 0.295. The van der Waals surface area contributed by atoms with Crippen LogP contribution in [0.15, 0.2) is 6.20 Å². The number of urea groups is 1. The smallest absolute Gasteiger partial charge is 0.320 e. The lowest BCUT2D eigenvalue weighted by molar-refractivity contribution is 0.251. The van der Waals surface area contributed by atoms with Gasteiger partial charge in [-0.3, -0.25) is 10.4 Å². The summed E-state index contributed by atoms with van der Waals surface area (Å²) in [5.74, 6) is 0.339. The molecule has 72 valence electrons. The Morgan fingerprint density at radius 2 is 2.50 bits per heavy atom. The van der Waals surface area contributed by atoms with Gasteiger partial charge in [-0.25, -0.2) is 4.79 Å². The summed E-state index contributed by atoms with van der Waals surface area (Å²) in [5, 5.41) is 20.1. The molecule has 6 nitrogen and oxygen atoms in total. The molecule has 3 N–H and O–H groups in total. The molecule has 0 aliphatic heterocycles. The fourth-order valence-corrected chi connectivity index (χ4v) is 1.03. The summed E-state index contributed by atoms with van der Waals surface area (Å²) in [6.07, 6.45) is 3.43. The number of aromatic amines is 1. The van der Waals surface area contributed by atoms with Crippen molar-refractivity contribution >= 4 is 11.8 Å². The lowest BCUT2D eigenvalue weighted by atomic mass is 10.4. The van der Waals surface area contributed by atoms with Crippen LogP contribution in [0.5, 0.6) is 0 Å². The van der Waals surface area contributed by atoms with Crippen LogP contribution in [0.25, 0.3) is 0 Å². The Balaban J connectivity index is 1.95. The average molecular weight is 191 g/mol. The fraction of sp³-hybridized carbons (Fsp3) is 0.375. The van der Waals surface area contributed by atoms with Crippen LogP contribution in [0.3, 0.4) is 0 Å². The van der Waals surface area contributed by atoms with Gasteiger partial charge >= 0.3 is 6.03 Å². The molecule has 2 rings (SSSR count). The number of hydrogen-bond acceptors (Lipinski definition) is 3. The van der Waals surface area contributed by atoms with Gasteiger partial charge in [0.1, 0.15) is 17.5 Å². The Hall–Kier alpha value is -2.03. The zero-order valence-electron chi connectivity index (χ0n) is 7.37. The summed E-state index contributed by atoms with van der Waals surface area (Å²) >= 11 is 0. The molecule has 0 radical (unpaired) electrons. The first kappa shape index (κ1) is 8.56. The molecule has 0 saturated heterocycles. The summed E-state index contributed by atoms with van der Waals surface area (Å²) in [7, 11) is 0. The Morgan fingerprint density at radius 3 is 3.14 bits per heavy atom. The average Bonchev–Trinajstić information content (AvgIpc) is 2.84. The second-order valence-electron chi connectivity index (χ2n) is 3.14. The van der Waals surface area contributed by atoms with Crippen LogP contribution < -0.4 is 10.6 Å². The maximum atomic E-state index is 11.2. The number of carbonyl (C=O) groups is 1. The van der Waals surface area contributed by atoms with E-state index in [1.807, 2.05) is 6.07 Å². The molecule has 1 fully saturated rings. The van der Waals surface area contributed by atoms with Gasteiger partial charge in [0.25, 0.3) is 0 Å². The monoisotopic (exact) mass is 191 g/mol. The number of nitriles is 1. The van der Waals surface area contributed by atoms with Crippen molar-refractivity contribution in [1.82, 2.24) is 15.5 Å². The van der Waals surface area contributed by atoms with Crippen molar-refractivity contribution < 1.29 is 4.79 Å². The molecule has 0 unspecified atom stereocenters. The number of nitrogens with zero attached hydrogens (tertiary/aromatic N) is 2. The molecule has 1 heterocycles. The number of nitrogens with one attached hydrogen (secondary N) is 3. The van der Waals surface area contributed by atoms with Gasteiger partial charge in [-0.2, -0.15) is 10.4 Å². The molecule has 14 heavy (non-hydrogen) atoms. The van der Waals surface area contributed by atoms with E-state index < -0.39 is 0 Å². The van der Waals surface area contributed by atoms with Gasteiger partial charge in [-0.15, -0.1) is 0 Å². The highest BCUT2D eigenvalue weighted by atomic mass is 16.2. The third-order valence-corrected chi connectivity index (χ3v) is 1.91. The molecule has 0 atom stereocenters.